The molecule has 0 radical (unpaired) electrons. The molecule has 67 heavy (non-hydrogen) atoms. The third kappa shape index (κ3) is 54.4. The zero-order valence-corrected chi connectivity index (χ0v) is 46.7. The quantitative estimate of drug-likeness (QED) is 0.0375. The van der Waals surface area contributed by atoms with Crippen LogP contribution in [-0.4, -0.2) is 23.8 Å². The normalized spacial score (nSPS) is 12.7. The SMILES string of the molecule is CCCCCCCCCCCCCCCCCC/C=C\CCCCCCCCCCCCCCCCC[C@@H](O)[C@H](CCCCCCCCCCCCCCCCCCCCCC)C(=O)OCC. The maximum atomic E-state index is 12.7. The van der Waals surface area contributed by atoms with Gasteiger partial charge < -0.3 is 9.84 Å². The highest BCUT2D eigenvalue weighted by Crippen LogP contribution is 2.23. The number of carbonyl (C=O) groups is 1. The second-order valence-electron chi connectivity index (χ2n) is 21.9. The van der Waals surface area contributed by atoms with Gasteiger partial charge in [-0.1, -0.05) is 341 Å². The average Bonchev–Trinajstić information content (AvgIpc) is 3.33. The lowest BCUT2D eigenvalue weighted by Crippen LogP contribution is -2.30. The van der Waals surface area contributed by atoms with E-state index in [2.05, 4.69) is 26.0 Å². The highest BCUT2D eigenvalue weighted by atomic mass is 16.5. The second kappa shape index (κ2) is 59.5. The minimum Gasteiger partial charge on any atom is -0.466 e. The van der Waals surface area contributed by atoms with E-state index in [4.69, 9.17) is 4.74 Å². The molecule has 0 rings (SSSR count). The summed E-state index contributed by atoms with van der Waals surface area (Å²) in [5.41, 5.74) is 0. The van der Waals surface area contributed by atoms with Crippen LogP contribution in [0.15, 0.2) is 12.2 Å². The molecular formula is C64H126O3. The van der Waals surface area contributed by atoms with Crippen LogP contribution in [0.5, 0.6) is 0 Å². The van der Waals surface area contributed by atoms with Crippen LogP contribution in [0.2, 0.25) is 0 Å². The molecule has 0 spiro atoms. The van der Waals surface area contributed by atoms with Gasteiger partial charge in [-0.15, -0.1) is 0 Å². The number of rotatable bonds is 59. The van der Waals surface area contributed by atoms with Crippen LogP contribution in [0.4, 0.5) is 0 Å². The molecule has 0 fully saturated rings. The first-order valence-corrected chi connectivity index (χ1v) is 31.7. The van der Waals surface area contributed by atoms with Gasteiger partial charge in [-0.25, -0.2) is 0 Å². The van der Waals surface area contributed by atoms with E-state index in [1.54, 1.807) is 0 Å². The summed E-state index contributed by atoms with van der Waals surface area (Å²) < 4.78 is 5.39. The first-order chi connectivity index (χ1) is 33.2. The summed E-state index contributed by atoms with van der Waals surface area (Å²) >= 11 is 0. The predicted octanol–water partition coefficient (Wildman–Crippen LogP) is 22.6. The van der Waals surface area contributed by atoms with Crippen molar-refractivity contribution in [3.8, 4) is 0 Å². The number of allylic oxidation sites excluding steroid dienone is 2. The number of aliphatic hydroxyl groups is 1. The Morgan fingerprint density at radius 3 is 0.761 bits per heavy atom. The Hall–Kier alpha value is -0.830. The smallest absolute Gasteiger partial charge is 0.311 e. The van der Waals surface area contributed by atoms with Gasteiger partial charge in [0.2, 0.25) is 0 Å². The fourth-order valence-corrected chi connectivity index (χ4v) is 10.5. The standard InChI is InChI=1S/C64H126O3/c1-4-7-9-11-13-15-17-19-21-23-25-27-28-29-30-31-32-33-34-35-36-37-38-39-40-41-43-45-47-49-51-53-55-57-59-61-63(65)62(64(66)67-6-3)60-58-56-54-52-50-48-46-44-42-26-24-22-20-18-16-14-12-10-8-5-2/h33-34,62-63,65H,4-32,35-61H2,1-3H3/b34-33-/t62-,63+/m0/s1. The highest BCUT2D eigenvalue weighted by Gasteiger charge is 2.27. The molecule has 1 N–H and O–H groups in total. The molecule has 0 aliphatic rings. The lowest BCUT2D eigenvalue weighted by Gasteiger charge is -2.21. The molecule has 2 atom stereocenters. The number of aliphatic hydroxyl groups excluding tert-OH is 1. The van der Waals surface area contributed by atoms with E-state index in [9.17, 15) is 9.90 Å². The van der Waals surface area contributed by atoms with Gasteiger partial charge in [0, 0.05) is 0 Å². The van der Waals surface area contributed by atoms with Crippen molar-refractivity contribution in [3.63, 3.8) is 0 Å². The van der Waals surface area contributed by atoms with Gasteiger partial charge in [-0.2, -0.15) is 0 Å². The summed E-state index contributed by atoms with van der Waals surface area (Å²) in [5, 5.41) is 11.0. The van der Waals surface area contributed by atoms with E-state index in [-0.39, 0.29) is 11.9 Å². The summed E-state index contributed by atoms with van der Waals surface area (Å²) in [6, 6.07) is 0. The van der Waals surface area contributed by atoms with Gasteiger partial charge in [-0.05, 0) is 45.4 Å². The zero-order valence-electron chi connectivity index (χ0n) is 46.7. The first kappa shape index (κ1) is 66.2. The number of hydrogen-bond donors (Lipinski definition) is 1. The van der Waals surface area contributed by atoms with Crippen molar-refractivity contribution in [1.29, 1.82) is 0 Å². The van der Waals surface area contributed by atoms with Crippen molar-refractivity contribution in [3.05, 3.63) is 12.2 Å². The Labute approximate surface area is 423 Å². The van der Waals surface area contributed by atoms with E-state index >= 15 is 0 Å². The Kier molecular flexibility index (Phi) is 58.7. The molecule has 0 bridgehead atoms. The van der Waals surface area contributed by atoms with Gasteiger partial charge in [0.05, 0.1) is 18.6 Å². The molecule has 0 amide bonds. The number of hydrogen-bond acceptors (Lipinski definition) is 3. The molecule has 0 aromatic carbocycles. The van der Waals surface area contributed by atoms with Crippen molar-refractivity contribution >= 4 is 5.97 Å². The molecule has 0 saturated carbocycles. The molecule has 3 nitrogen and oxygen atoms in total. The topological polar surface area (TPSA) is 46.5 Å². The van der Waals surface area contributed by atoms with Crippen LogP contribution < -0.4 is 0 Å². The third-order valence-corrected chi connectivity index (χ3v) is 15.2. The summed E-state index contributed by atoms with van der Waals surface area (Å²) in [4.78, 5) is 12.7. The molecular weight excluding hydrogens is 817 g/mol. The van der Waals surface area contributed by atoms with Crippen molar-refractivity contribution in [2.24, 2.45) is 5.92 Å². The molecule has 0 aromatic rings. The van der Waals surface area contributed by atoms with E-state index < -0.39 is 6.10 Å². The second-order valence-corrected chi connectivity index (χ2v) is 21.9. The van der Waals surface area contributed by atoms with Gasteiger partial charge in [0.25, 0.3) is 0 Å². The van der Waals surface area contributed by atoms with Crippen LogP contribution in [0.25, 0.3) is 0 Å². The molecule has 0 saturated heterocycles. The Morgan fingerprint density at radius 2 is 0.522 bits per heavy atom. The maximum Gasteiger partial charge on any atom is 0.311 e. The Balaban J connectivity index is 3.51. The molecule has 0 unspecified atom stereocenters. The molecule has 0 heterocycles. The van der Waals surface area contributed by atoms with Gasteiger partial charge >= 0.3 is 5.97 Å². The van der Waals surface area contributed by atoms with Crippen molar-refractivity contribution in [2.45, 2.75) is 380 Å². The number of unbranched alkanes of at least 4 members (excludes halogenated alkanes) is 50. The number of esters is 1. The van der Waals surface area contributed by atoms with E-state index in [1.165, 1.54) is 327 Å². The minimum atomic E-state index is -0.551. The molecule has 3 heteroatoms. The van der Waals surface area contributed by atoms with Gasteiger partial charge in [0.15, 0.2) is 0 Å². The Bertz CT molecular complexity index is 929. The number of carbonyl (C=O) groups excluding carboxylic acids is 1. The fourth-order valence-electron chi connectivity index (χ4n) is 10.5. The maximum absolute atomic E-state index is 12.7. The lowest BCUT2D eigenvalue weighted by atomic mass is 9.91. The van der Waals surface area contributed by atoms with Crippen LogP contribution in [0.3, 0.4) is 0 Å². The van der Waals surface area contributed by atoms with Crippen LogP contribution in [-0.2, 0) is 9.53 Å². The summed E-state index contributed by atoms with van der Waals surface area (Å²) in [5.74, 6) is -0.521. The Morgan fingerprint density at radius 1 is 0.313 bits per heavy atom. The van der Waals surface area contributed by atoms with E-state index in [0.717, 1.165) is 25.7 Å². The fraction of sp³-hybridized carbons (Fsp3) is 0.953. The number of ether oxygens (including phenoxy) is 1. The van der Waals surface area contributed by atoms with E-state index in [0.29, 0.717) is 6.61 Å². The van der Waals surface area contributed by atoms with Crippen LogP contribution in [0, 0.1) is 5.92 Å². The van der Waals surface area contributed by atoms with Crippen LogP contribution in [0.1, 0.15) is 374 Å². The van der Waals surface area contributed by atoms with Crippen molar-refractivity contribution in [1.82, 2.24) is 0 Å². The van der Waals surface area contributed by atoms with Gasteiger partial charge in [-0.3, -0.25) is 4.79 Å². The minimum absolute atomic E-state index is 0.179. The molecule has 0 aliphatic carbocycles. The summed E-state index contributed by atoms with van der Waals surface area (Å²) in [6.07, 6.45) is 79.4. The third-order valence-electron chi connectivity index (χ3n) is 15.2. The molecule has 400 valence electrons. The average molecular weight is 944 g/mol. The summed E-state index contributed by atoms with van der Waals surface area (Å²) in [6.45, 7) is 6.88. The lowest BCUT2D eigenvalue weighted by molar-refractivity contribution is -0.152. The summed E-state index contributed by atoms with van der Waals surface area (Å²) in [7, 11) is 0. The van der Waals surface area contributed by atoms with Crippen molar-refractivity contribution < 1.29 is 14.6 Å². The zero-order chi connectivity index (χ0) is 48.5. The molecule has 0 aromatic heterocycles. The predicted molar refractivity (Wildman–Crippen MR) is 301 cm³/mol. The largest absolute Gasteiger partial charge is 0.466 e. The molecule has 0 aliphatic heterocycles. The monoisotopic (exact) mass is 943 g/mol. The van der Waals surface area contributed by atoms with E-state index in [1.807, 2.05) is 6.92 Å². The van der Waals surface area contributed by atoms with Crippen molar-refractivity contribution in [2.75, 3.05) is 6.61 Å². The van der Waals surface area contributed by atoms with Crippen LogP contribution >= 0.6 is 0 Å². The first-order valence-electron chi connectivity index (χ1n) is 31.7. The van der Waals surface area contributed by atoms with Gasteiger partial charge in [0.1, 0.15) is 0 Å². The highest BCUT2D eigenvalue weighted by molar-refractivity contribution is 5.73.